The van der Waals surface area contributed by atoms with E-state index in [1.165, 1.54) is 5.41 Å². The molecule has 3 rings (SSSR count). The van der Waals surface area contributed by atoms with Gasteiger partial charge in [0.15, 0.2) is 0 Å². The van der Waals surface area contributed by atoms with Crippen LogP contribution >= 0.6 is 0 Å². The fourth-order valence-corrected chi connectivity index (χ4v) is 3.54. The molecule has 1 aromatic heterocycles. The van der Waals surface area contributed by atoms with Crippen LogP contribution in [0.2, 0.25) is 0 Å². The first kappa shape index (κ1) is 18.6. The van der Waals surface area contributed by atoms with Gasteiger partial charge in [0.05, 0.1) is 0 Å². The fraction of sp³-hybridized carbons (Fsp3) is 0.316. The van der Waals surface area contributed by atoms with Crippen LogP contribution < -0.4 is 9.62 Å². The smallest absolute Gasteiger partial charge is 0.234 e. The summed E-state index contributed by atoms with van der Waals surface area (Å²) in [6.45, 7) is 4.10. The minimum atomic E-state index is -3.49. The monoisotopic (exact) mass is 372 g/mol. The molecule has 26 heavy (non-hydrogen) atoms. The van der Waals surface area contributed by atoms with Gasteiger partial charge in [-0.2, -0.15) is 0 Å². The van der Waals surface area contributed by atoms with Crippen LogP contribution in [0.5, 0.6) is 0 Å². The summed E-state index contributed by atoms with van der Waals surface area (Å²) in [6.07, 6.45) is 3.32. The minimum absolute atomic E-state index is 0.241. The molecular formula is C19H24N4O2S. The van der Waals surface area contributed by atoms with E-state index in [1.54, 1.807) is 12.3 Å². The Labute approximate surface area is 155 Å². The van der Waals surface area contributed by atoms with Crippen LogP contribution in [0.4, 0.5) is 5.82 Å². The van der Waals surface area contributed by atoms with E-state index in [4.69, 9.17) is 0 Å². The molecule has 0 amide bonds. The molecule has 1 aliphatic rings. The highest BCUT2D eigenvalue weighted by molar-refractivity contribution is 7.92. The lowest BCUT2D eigenvalue weighted by atomic mass is 10.2. The lowest BCUT2D eigenvalue weighted by Gasteiger charge is -2.33. The molecule has 1 saturated heterocycles. The number of aromatic nitrogens is 1. The number of rotatable bonds is 6. The highest BCUT2D eigenvalue weighted by Gasteiger charge is 2.15. The first-order chi connectivity index (χ1) is 12.5. The molecule has 0 spiro atoms. The van der Waals surface area contributed by atoms with Gasteiger partial charge in [0.1, 0.15) is 5.82 Å². The number of hydrogen-bond acceptors (Lipinski definition) is 5. The van der Waals surface area contributed by atoms with Crippen molar-refractivity contribution in [1.82, 2.24) is 14.6 Å². The van der Waals surface area contributed by atoms with Crippen LogP contribution in [-0.2, 0) is 16.6 Å². The molecule has 1 aromatic carbocycles. The highest BCUT2D eigenvalue weighted by Crippen LogP contribution is 2.15. The predicted octanol–water partition coefficient (Wildman–Crippen LogP) is 1.92. The van der Waals surface area contributed by atoms with Crippen molar-refractivity contribution in [1.29, 1.82) is 0 Å². The van der Waals surface area contributed by atoms with Crippen molar-refractivity contribution in [3.8, 4) is 0 Å². The van der Waals surface area contributed by atoms with E-state index >= 15 is 0 Å². The Bertz CT molecular complexity index is 845. The van der Waals surface area contributed by atoms with Crippen LogP contribution in [0.15, 0.2) is 54.1 Å². The summed E-state index contributed by atoms with van der Waals surface area (Å²) in [5.74, 6) is 0.898. The predicted molar refractivity (Wildman–Crippen MR) is 105 cm³/mol. The average Bonchev–Trinajstić information content (AvgIpc) is 2.67. The van der Waals surface area contributed by atoms with Crippen LogP contribution in [0.1, 0.15) is 11.1 Å². The van der Waals surface area contributed by atoms with Crippen molar-refractivity contribution in [2.24, 2.45) is 0 Å². The Morgan fingerprint density at radius 1 is 1.12 bits per heavy atom. The summed E-state index contributed by atoms with van der Waals surface area (Å²) in [6, 6.07) is 13.1. The zero-order valence-corrected chi connectivity index (χ0v) is 15.7. The minimum Gasteiger partial charge on any atom is -0.354 e. The summed E-state index contributed by atoms with van der Waals surface area (Å²) < 4.78 is 27.0. The van der Waals surface area contributed by atoms with Crippen LogP contribution in [-0.4, -0.2) is 51.5 Å². The van der Waals surface area contributed by atoms with E-state index < -0.39 is 10.0 Å². The summed E-state index contributed by atoms with van der Waals surface area (Å²) in [4.78, 5) is 8.94. The summed E-state index contributed by atoms with van der Waals surface area (Å²) >= 11 is 0. The molecule has 7 heteroatoms. The molecule has 0 radical (unpaired) electrons. The molecule has 0 aliphatic carbocycles. The maximum Gasteiger partial charge on any atom is 0.234 e. The van der Waals surface area contributed by atoms with Gasteiger partial charge in [0, 0.05) is 44.3 Å². The molecule has 1 N–H and O–H groups in total. The Kier molecular flexibility index (Phi) is 6.03. The molecular weight excluding hydrogens is 348 g/mol. The Balaban J connectivity index is 1.60. The van der Waals surface area contributed by atoms with E-state index in [2.05, 4.69) is 26.6 Å². The second-order valence-corrected chi connectivity index (χ2v) is 8.04. The number of sulfonamides is 1. The van der Waals surface area contributed by atoms with Gasteiger partial charge in [0.25, 0.3) is 0 Å². The molecule has 1 aliphatic heterocycles. The zero-order valence-electron chi connectivity index (χ0n) is 14.9. The number of piperazine rings is 1. The third-order valence-corrected chi connectivity index (χ3v) is 5.39. The maximum absolute atomic E-state index is 12.2. The molecule has 2 aromatic rings. The quantitative estimate of drug-likeness (QED) is 0.839. The SMILES string of the molecule is CN1CCN(c2cc(CNS(=O)(=O)/C=C/c3ccccc3)ccn2)CC1. The van der Waals surface area contributed by atoms with Gasteiger partial charge < -0.3 is 9.80 Å². The van der Waals surface area contributed by atoms with Crippen LogP contribution in [0.25, 0.3) is 6.08 Å². The molecule has 0 unspecified atom stereocenters. The molecule has 0 saturated carbocycles. The number of hydrogen-bond donors (Lipinski definition) is 1. The molecule has 2 heterocycles. The lowest BCUT2D eigenvalue weighted by molar-refractivity contribution is 0.312. The van der Waals surface area contributed by atoms with Crippen molar-refractivity contribution in [3.05, 3.63) is 65.2 Å². The largest absolute Gasteiger partial charge is 0.354 e. The number of nitrogens with one attached hydrogen (secondary N) is 1. The van der Waals surface area contributed by atoms with E-state index in [-0.39, 0.29) is 6.54 Å². The average molecular weight is 372 g/mol. The second kappa shape index (κ2) is 8.44. The Morgan fingerprint density at radius 3 is 2.58 bits per heavy atom. The number of benzene rings is 1. The molecule has 0 bridgehead atoms. The first-order valence-corrected chi connectivity index (χ1v) is 10.2. The standard InChI is InChI=1S/C19H24N4O2S/c1-22-10-12-23(13-11-22)19-15-18(7-9-20-19)16-21-26(24,25)14-8-17-5-3-2-4-6-17/h2-9,14-15,21H,10-13,16H2,1H3/b14-8+. The summed E-state index contributed by atoms with van der Waals surface area (Å²) in [5, 5.41) is 1.20. The molecule has 1 fully saturated rings. The van der Waals surface area contributed by atoms with E-state index in [0.717, 1.165) is 43.1 Å². The number of likely N-dealkylation sites (N-methyl/N-ethyl adjacent to an activating group) is 1. The van der Waals surface area contributed by atoms with Gasteiger partial charge >= 0.3 is 0 Å². The number of anilines is 1. The fourth-order valence-electron chi connectivity index (χ4n) is 2.74. The van der Waals surface area contributed by atoms with Crippen molar-refractivity contribution in [2.75, 3.05) is 38.1 Å². The van der Waals surface area contributed by atoms with Gasteiger partial charge in [-0.3, -0.25) is 0 Å². The van der Waals surface area contributed by atoms with Crippen molar-refractivity contribution >= 4 is 21.9 Å². The third kappa shape index (κ3) is 5.39. The zero-order chi connectivity index (χ0) is 18.4. The van der Waals surface area contributed by atoms with Gasteiger partial charge in [-0.15, -0.1) is 0 Å². The van der Waals surface area contributed by atoms with Crippen LogP contribution in [0.3, 0.4) is 0 Å². The van der Waals surface area contributed by atoms with E-state index in [9.17, 15) is 8.42 Å². The number of pyridine rings is 1. The molecule has 138 valence electrons. The maximum atomic E-state index is 12.2. The summed E-state index contributed by atoms with van der Waals surface area (Å²) in [7, 11) is -1.38. The van der Waals surface area contributed by atoms with Crippen molar-refractivity contribution < 1.29 is 8.42 Å². The highest BCUT2D eigenvalue weighted by atomic mass is 32.2. The normalized spacial score (nSPS) is 16.3. The third-order valence-electron chi connectivity index (χ3n) is 4.35. The Morgan fingerprint density at radius 2 is 1.85 bits per heavy atom. The van der Waals surface area contributed by atoms with Gasteiger partial charge in [-0.05, 0) is 36.4 Å². The first-order valence-electron chi connectivity index (χ1n) is 8.63. The van der Waals surface area contributed by atoms with E-state index in [1.807, 2.05) is 42.5 Å². The summed E-state index contributed by atoms with van der Waals surface area (Å²) in [5.41, 5.74) is 1.74. The van der Waals surface area contributed by atoms with Crippen molar-refractivity contribution in [2.45, 2.75) is 6.54 Å². The van der Waals surface area contributed by atoms with Gasteiger partial charge in [0.2, 0.25) is 10.0 Å². The van der Waals surface area contributed by atoms with Crippen molar-refractivity contribution in [3.63, 3.8) is 0 Å². The van der Waals surface area contributed by atoms with E-state index in [0.29, 0.717) is 0 Å². The second-order valence-electron chi connectivity index (χ2n) is 6.39. The van der Waals surface area contributed by atoms with Gasteiger partial charge in [-0.1, -0.05) is 30.3 Å². The van der Waals surface area contributed by atoms with Crippen LogP contribution in [0, 0.1) is 0 Å². The Hall–Kier alpha value is -2.22. The lowest BCUT2D eigenvalue weighted by Crippen LogP contribution is -2.44. The van der Waals surface area contributed by atoms with Gasteiger partial charge in [-0.25, -0.2) is 18.1 Å². The molecule has 0 atom stereocenters. The number of nitrogens with zero attached hydrogens (tertiary/aromatic N) is 3. The topological polar surface area (TPSA) is 65.5 Å². The molecule has 6 nitrogen and oxygen atoms in total.